The number of hydrogen-bond acceptors (Lipinski definition) is 6. The maximum atomic E-state index is 12.4. The van der Waals surface area contributed by atoms with Gasteiger partial charge in [0.05, 0.1) is 24.5 Å². The topological polar surface area (TPSA) is 161 Å². The number of nitrogens with one attached hydrogen (secondary N) is 2. The van der Waals surface area contributed by atoms with Crippen molar-refractivity contribution >= 4 is 28.9 Å². The Labute approximate surface area is 172 Å². The third-order valence-corrected chi connectivity index (χ3v) is 4.65. The number of aryl methyl sites for hydroxylation is 2. The average molecular weight is 419 g/mol. The van der Waals surface area contributed by atoms with Crippen molar-refractivity contribution in [3.8, 4) is 5.75 Å². The standard InChI is InChI=1S/C20H25N3O7/c1-10-7-14(29-3)17-11(2)12(19(27)30-15(17)8-10)9-16(24)23-13(18(25)26)5-4-6-22-20(21)28/h7-8,13H,4-6,9H2,1-3H3,(H,23,24)(H,25,26)(H3,21,22,28). The molecule has 0 fully saturated rings. The quantitative estimate of drug-likeness (QED) is 0.348. The van der Waals surface area contributed by atoms with Crippen LogP contribution < -0.4 is 26.7 Å². The molecule has 1 atom stereocenters. The van der Waals surface area contributed by atoms with Crippen LogP contribution in [0, 0.1) is 13.8 Å². The maximum Gasteiger partial charge on any atom is 0.340 e. The Bertz CT molecular complexity index is 1030. The molecule has 0 aliphatic carbocycles. The molecule has 30 heavy (non-hydrogen) atoms. The van der Waals surface area contributed by atoms with Crippen LogP contribution in [0.5, 0.6) is 5.75 Å². The van der Waals surface area contributed by atoms with Crippen LogP contribution in [-0.4, -0.2) is 42.7 Å². The molecule has 10 nitrogen and oxygen atoms in total. The molecule has 0 saturated carbocycles. The van der Waals surface area contributed by atoms with Gasteiger partial charge in [-0.2, -0.15) is 0 Å². The van der Waals surface area contributed by atoms with Crippen molar-refractivity contribution in [1.29, 1.82) is 0 Å². The first-order valence-electron chi connectivity index (χ1n) is 9.30. The molecule has 0 saturated heterocycles. The summed E-state index contributed by atoms with van der Waals surface area (Å²) in [6, 6.07) is 1.61. The maximum absolute atomic E-state index is 12.4. The molecule has 10 heteroatoms. The lowest BCUT2D eigenvalue weighted by molar-refractivity contribution is -0.141. The van der Waals surface area contributed by atoms with Gasteiger partial charge < -0.3 is 30.6 Å². The summed E-state index contributed by atoms with van der Waals surface area (Å²) in [5.41, 5.74) is 6.14. The summed E-state index contributed by atoms with van der Waals surface area (Å²) in [6.45, 7) is 3.70. The molecule has 3 amide bonds. The Morgan fingerprint density at radius 2 is 1.97 bits per heavy atom. The highest BCUT2D eigenvalue weighted by molar-refractivity contribution is 5.90. The smallest absolute Gasteiger partial charge is 0.340 e. The highest BCUT2D eigenvalue weighted by atomic mass is 16.5. The van der Waals surface area contributed by atoms with Gasteiger partial charge in [0.15, 0.2) is 0 Å². The van der Waals surface area contributed by atoms with Gasteiger partial charge >= 0.3 is 17.6 Å². The van der Waals surface area contributed by atoms with Crippen molar-refractivity contribution in [3.05, 3.63) is 39.2 Å². The van der Waals surface area contributed by atoms with Gasteiger partial charge in [-0.15, -0.1) is 0 Å². The number of amides is 3. The normalized spacial score (nSPS) is 11.7. The summed E-state index contributed by atoms with van der Waals surface area (Å²) in [5.74, 6) is -1.34. The minimum atomic E-state index is -1.22. The number of carbonyl (C=O) groups is 3. The van der Waals surface area contributed by atoms with Crippen LogP contribution in [0.25, 0.3) is 11.0 Å². The first-order valence-corrected chi connectivity index (χ1v) is 9.30. The summed E-state index contributed by atoms with van der Waals surface area (Å²) in [5, 5.41) is 14.6. The lowest BCUT2D eigenvalue weighted by atomic mass is 10.0. The van der Waals surface area contributed by atoms with E-state index in [1.165, 1.54) is 7.11 Å². The van der Waals surface area contributed by atoms with E-state index in [-0.39, 0.29) is 24.9 Å². The molecule has 2 aromatic rings. The van der Waals surface area contributed by atoms with E-state index in [1.54, 1.807) is 19.1 Å². The molecule has 0 aliphatic heterocycles. The SMILES string of the molecule is COc1cc(C)cc2oc(=O)c(CC(=O)NC(CCCNC(N)=O)C(=O)O)c(C)c12. The van der Waals surface area contributed by atoms with Crippen molar-refractivity contribution in [1.82, 2.24) is 10.6 Å². The average Bonchev–Trinajstić information content (AvgIpc) is 2.66. The van der Waals surface area contributed by atoms with Crippen LogP contribution >= 0.6 is 0 Å². The number of carbonyl (C=O) groups excluding carboxylic acids is 2. The van der Waals surface area contributed by atoms with Crippen LogP contribution in [0.1, 0.15) is 29.5 Å². The molecule has 1 heterocycles. The lowest BCUT2D eigenvalue weighted by Crippen LogP contribution is -2.42. The Balaban J connectivity index is 2.21. The van der Waals surface area contributed by atoms with Crippen molar-refractivity contribution in [2.45, 2.75) is 39.2 Å². The number of primary amides is 1. The number of ether oxygens (including phenoxy) is 1. The summed E-state index contributed by atoms with van der Waals surface area (Å²) in [7, 11) is 1.50. The summed E-state index contributed by atoms with van der Waals surface area (Å²) in [4.78, 5) is 47.0. The minimum absolute atomic E-state index is 0.0831. The summed E-state index contributed by atoms with van der Waals surface area (Å²) < 4.78 is 10.7. The molecule has 0 spiro atoms. The van der Waals surface area contributed by atoms with E-state index in [4.69, 9.17) is 14.9 Å². The number of benzene rings is 1. The number of methoxy groups -OCH3 is 1. The first kappa shape index (κ1) is 22.7. The number of urea groups is 1. The van der Waals surface area contributed by atoms with Gasteiger partial charge in [0.25, 0.3) is 0 Å². The minimum Gasteiger partial charge on any atom is -0.496 e. The predicted molar refractivity (Wildman–Crippen MR) is 109 cm³/mol. The van der Waals surface area contributed by atoms with E-state index < -0.39 is 29.6 Å². The molecule has 5 N–H and O–H groups in total. The van der Waals surface area contributed by atoms with E-state index in [2.05, 4.69) is 10.6 Å². The second kappa shape index (κ2) is 9.77. The second-order valence-electron chi connectivity index (χ2n) is 6.90. The molecule has 1 aromatic heterocycles. The number of fused-ring (bicyclic) bond motifs is 1. The predicted octanol–water partition coefficient (Wildman–Crippen LogP) is 0.979. The van der Waals surface area contributed by atoms with Gasteiger partial charge in [0, 0.05) is 6.54 Å². The van der Waals surface area contributed by atoms with Gasteiger partial charge in [-0.3, -0.25) is 4.79 Å². The van der Waals surface area contributed by atoms with Crippen molar-refractivity contribution < 1.29 is 28.6 Å². The Morgan fingerprint density at radius 3 is 2.57 bits per heavy atom. The highest BCUT2D eigenvalue weighted by Gasteiger charge is 2.22. The van der Waals surface area contributed by atoms with Crippen LogP contribution in [0.3, 0.4) is 0 Å². The highest BCUT2D eigenvalue weighted by Crippen LogP contribution is 2.30. The molecule has 0 aliphatic rings. The zero-order valence-corrected chi connectivity index (χ0v) is 17.0. The zero-order valence-electron chi connectivity index (χ0n) is 17.0. The monoisotopic (exact) mass is 419 g/mol. The fourth-order valence-corrected chi connectivity index (χ4v) is 3.18. The van der Waals surface area contributed by atoms with E-state index in [9.17, 15) is 24.3 Å². The molecular formula is C20H25N3O7. The second-order valence-corrected chi connectivity index (χ2v) is 6.90. The largest absolute Gasteiger partial charge is 0.496 e. The molecule has 1 aromatic carbocycles. The molecule has 0 bridgehead atoms. The lowest BCUT2D eigenvalue weighted by Gasteiger charge is -2.15. The first-order chi connectivity index (χ1) is 14.1. The number of nitrogens with two attached hydrogens (primary N) is 1. The summed E-state index contributed by atoms with van der Waals surface area (Å²) >= 11 is 0. The van der Waals surface area contributed by atoms with E-state index >= 15 is 0 Å². The van der Waals surface area contributed by atoms with Gasteiger partial charge in [0.2, 0.25) is 5.91 Å². The zero-order chi connectivity index (χ0) is 22.4. The number of hydrogen-bond donors (Lipinski definition) is 4. The van der Waals surface area contributed by atoms with Crippen LogP contribution in [0.4, 0.5) is 4.79 Å². The Kier molecular flexibility index (Phi) is 7.40. The molecule has 1 unspecified atom stereocenters. The van der Waals surface area contributed by atoms with E-state index in [0.717, 1.165) is 5.56 Å². The number of rotatable bonds is 9. The molecular weight excluding hydrogens is 394 g/mol. The number of carboxylic acids is 1. The molecule has 0 radical (unpaired) electrons. The van der Waals surface area contributed by atoms with Crippen molar-refractivity contribution in [2.24, 2.45) is 5.73 Å². The Morgan fingerprint density at radius 1 is 1.27 bits per heavy atom. The third-order valence-electron chi connectivity index (χ3n) is 4.65. The van der Waals surface area contributed by atoms with Gasteiger partial charge in [-0.25, -0.2) is 14.4 Å². The number of aliphatic carboxylic acids is 1. The molecule has 162 valence electrons. The van der Waals surface area contributed by atoms with Gasteiger partial charge in [-0.1, -0.05) is 0 Å². The Hall–Kier alpha value is -3.56. The van der Waals surface area contributed by atoms with E-state index in [0.29, 0.717) is 28.7 Å². The number of carboxylic acid groups (broad SMARTS) is 1. The fourth-order valence-electron chi connectivity index (χ4n) is 3.18. The fraction of sp³-hybridized carbons (Fsp3) is 0.400. The third kappa shape index (κ3) is 5.49. The van der Waals surface area contributed by atoms with E-state index in [1.807, 2.05) is 6.92 Å². The van der Waals surface area contributed by atoms with Crippen molar-refractivity contribution in [3.63, 3.8) is 0 Å². The van der Waals surface area contributed by atoms with Crippen molar-refractivity contribution in [2.75, 3.05) is 13.7 Å². The van der Waals surface area contributed by atoms with Gasteiger partial charge in [-0.05, 0) is 49.9 Å². The van der Waals surface area contributed by atoms with Gasteiger partial charge in [0.1, 0.15) is 17.4 Å². The van der Waals surface area contributed by atoms with Crippen LogP contribution in [-0.2, 0) is 16.0 Å². The molecule has 2 rings (SSSR count). The van der Waals surface area contributed by atoms with Crippen LogP contribution in [0.2, 0.25) is 0 Å². The van der Waals surface area contributed by atoms with Crippen LogP contribution in [0.15, 0.2) is 21.3 Å². The summed E-state index contributed by atoms with van der Waals surface area (Å²) in [6.07, 6.45) is 0.0398.